The standard InChI is InChI=1S/C48H64N2/c1-3-14-34(15-4-1)47-49-48(35-16-5-2-6-17-35)50(47)37-27-23-33(24-28-37)46-38-18-8-7-13-32(38)25-29-39(46)36-26-30-44-42-21-10-9-19-40(42)41-20-11-12-22-43(41)45(44)31-36/h3,7-8,12-14,16,18,22-23,26,30,32,34,36-37,39-45,47-49H,1-2,4-6,9-11,15,17,19-21,24-25,27-29,31H2. The summed E-state index contributed by atoms with van der Waals surface area (Å²) in [5, 5.41) is 4.14. The zero-order valence-electron chi connectivity index (χ0n) is 30.8. The van der Waals surface area contributed by atoms with Crippen LogP contribution in [0.5, 0.6) is 0 Å². The molecule has 50 heavy (non-hydrogen) atoms. The van der Waals surface area contributed by atoms with Crippen LogP contribution in [-0.4, -0.2) is 23.3 Å². The molecule has 1 saturated heterocycles. The highest BCUT2D eigenvalue weighted by atomic mass is 15.5. The maximum absolute atomic E-state index is 4.14. The second-order valence-electron chi connectivity index (χ2n) is 18.5. The van der Waals surface area contributed by atoms with Crippen molar-refractivity contribution in [3.63, 3.8) is 0 Å². The lowest BCUT2D eigenvalue weighted by atomic mass is 9.49. The van der Waals surface area contributed by atoms with Gasteiger partial charge in [0.05, 0.1) is 12.3 Å². The van der Waals surface area contributed by atoms with Crippen LogP contribution >= 0.6 is 0 Å². The lowest BCUT2D eigenvalue weighted by Gasteiger charge is -2.58. The van der Waals surface area contributed by atoms with Crippen LogP contribution in [0.2, 0.25) is 0 Å². The first-order valence-electron chi connectivity index (χ1n) is 21.8. The van der Waals surface area contributed by atoms with Crippen LogP contribution < -0.4 is 5.32 Å². The van der Waals surface area contributed by atoms with Crippen molar-refractivity contribution in [1.29, 1.82) is 0 Å². The van der Waals surface area contributed by atoms with Gasteiger partial charge in [-0.1, -0.05) is 85.8 Å². The molecule has 0 aromatic carbocycles. The van der Waals surface area contributed by atoms with Crippen molar-refractivity contribution < 1.29 is 0 Å². The highest BCUT2D eigenvalue weighted by molar-refractivity contribution is 5.49. The van der Waals surface area contributed by atoms with E-state index >= 15 is 0 Å². The molecule has 2 saturated carbocycles. The first kappa shape index (κ1) is 32.5. The molecule has 1 aliphatic heterocycles. The van der Waals surface area contributed by atoms with E-state index in [4.69, 9.17) is 0 Å². The van der Waals surface area contributed by atoms with E-state index in [1.54, 1.807) is 22.3 Å². The molecule has 0 amide bonds. The Balaban J connectivity index is 0.936. The number of fused-ring (bicyclic) bond motifs is 7. The average molecular weight is 669 g/mol. The van der Waals surface area contributed by atoms with Gasteiger partial charge in [-0.3, -0.25) is 10.2 Å². The van der Waals surface area contributed by atoms with Gasteiger partial charge >= 0.3 is 0 Å². The fourth-order valence-corrected chi connectivity index (χ4v) is 13.9. The van der Waals surface area contributed by atoms with Gasteiger partial charge in [-0.05, 0) is 179 Å². The van der Waals surface area contributed by atoms with Gasteiger partial charge in [0.1, 0.15) is 0 Å². The molecule has 3 fully saturated rings. The fourth-order valence-electron chi connectivity index (χ4n) is 13.9. The van der Waals surface area contributed by atoms with Crippen molar-refractivity contribution in [3.8, 4) is 0 Å². The summed E-state index contributed by atoms with van der Waals surface area (Å²) in [6.45, 7) is 0. The summed E-state index contributed by atoms with van der Waals surface area (Å²) in [5.74, 6) is 8.17. The molecule has 1 heterocycles. The van der Waals surface area contributed by atoms with Gasteiger partial charge in [0.15, 0.2) is 0 Å². The molecule has 9 aliphatic carbocycles. The van der Waals surface area contributed by atoms with Crippen molar-refractivity contribution in [1.82, 2.24) is 10.2 Å². The van der Waals surface area contributed by atoms with Gasteiger partial charge in [0.2, 0.25) is 0 Å². The van der Waals surface area contributed by atoms with E-state index in [2.05, 4.69) is 83.1 Å². The van der Waals surface area contributed by atoms with E-state index in [0.29, 0.717) is 42.0 Å². The molecule has 10 rings (SSSR count). The Bertz CT molecular complexity index is 1530. The molecule has 2 heteroatoms. The van der Waals surface area contributed by atoms with Gasteiger partial charge in [0, 0.05) is 17.9 Å². The van der Waals surface area contributed by atoms with Crippen LogP contribution in [0.4, 0.5) is 0 Å². The Morgan fingerprint density at radius 3 is 2.38 bits per heavy atom. The Morgan fingerprint density at radius 1 is 0.620 bits per heavy atom. The summed E-state index contributed by atoms with van der Waals surface area (Å²) in [6.07, 6.45) is 58.1. The van der Waals surface area contributed by atoms with Crippen molar-refractivity contribution >= 4 is 0 Å². The van der Waals surface area contributed by atoms with Crippen molar-refractivity contribution in [2.75, 3.05) is 0 Å². The van der Waals surface area contributed by atoms with E-state index in [9.17, 15) is 0 Å². The van der Waals surface area contributed by atoms with Gasteiger partial charge in [0.25, 0.3) is 0 Å². The number of nitrogens with one attached hydrogen (secondary N) is 1. The van der Waals surface area contributed by atoms with Crippen molar-refractivity contribution in [2.45, 2.75) is 140 Å². The highest BCUT2D eigenvalue weighted by Gasteiger charge is 2.52. The molecule has 2 nitrogen and oxygen atoms in total. The van der Waals surface area contributed by atoms with Gasteiger partial charge in [-0.25, -0.2) is 0 Å². The molecule has 0 bridgehead atoms. The molecule has 266 valence electrons. The number of hydrogen-bond acceptors (Lipinski definition) is 2. The van der Waals surface area contributed by atoms with Crippen LogP contribution in [0.1, 0.15) is 122 Å². The van der Waals surface area contributed by atoms with Crippen LogP contribution in [0, 0.1) is 59.2 Å². The Hall–Kier alpha value is -2.16. The predicted molar refractivity (Wildman–Crippen MR) is 208 cm³/mol. The maximum atomic E-state index is 4.14. The third kappa shape index (κ3) is 5.73. The SMILES string of the molecule is C1=CC2=C(C3=CCC(N4C(C5=CCCCC5)NC4C4C=CCCC4)CC3)C(C3C=CC4C(C3)C3C=CCCC3C3CCCCC43)CCC2C=C1. The Kier molecular flexibility index (Phi) is 9.10. The highest BCUT2D eigenvalue weighted by Crippen LogP contribution is 2.59. The number of nitrogens with zero attached hydrogens (tertiary/aromatic N) is 1. The molecule has 10 aliphatic rings. The van der Waals surface area contributed by atoms with E-state index in [1.165, 1.54) is 122 Å². The van der Waals surface area contributed by atoms with Crippen LogP contribution in [0.25, 0.3) is 0 Å². The van der Waals surface area contributed by atoms with E-state index < -0.39 is 0 Å². The summed E-state index contributed by atoms with van der Waals surface area (Å²) in [5.41, 5.74) is 6.93. The molecule has 0 aromatic heterocycles. The largest absolute Gasteiger partial charge is 0.282 e. The average Bonchev–Trinajstić information content (AvgIpc) is 3.18. The first-order valence-corrected chi connectivity index (χ1v) is 21.8. The summed E-state index contributed by atoms with van der Waals surface area (Å²) in [4.78, 5) is 2.98. The summed E-state index contributed by atoms with van der Waals surface area (Å²) in [7, 11) is 0. The molecule has 1 N–H and O–H groups in total. The van der Waals surface area contributed by atoms with Gasteiger partial charge in [-0.2, -0.15) is 0 Å². The van der Waals surface area contributed by atoms with Crippen LogP contribution in [0.15, 0.2) is 95.2 Å². The topological polar surface area (TPSA) is 15.3 Å². The monoisotopic (exact) mass is 669 g/mol. The summed E-state index contributed by atoms with van der Waals surface area (Å²) < 4.78 is 0. The van der Waals surface area contributed by atoms with Crippen molar-refractivity contribution in [3.05, 3.63) is 95.2 Å². The number of rotatable bonds is 5. The molecular weight excluding hydrogens is 605 g/mol. The minimum Gasteiger partial charge on any atom is -0.282 e. The zero-order chi connectivity index (χ0) is 33.0. The smallest absolute Gasteiger partial charge is 0.0846 e. The second kappa shape index (κ2) is 14.0. The normalized spacial score (nSPS) is 45.5. The zero-order valence-corrected chi connectivity index (χ0v) is 30.8. The molecule has 13 atom stereocenters. The lowest BCUT2D eigenvalue weighted by Crippen LogP contribution is -2.74. The third-order valence-electron chi connectivity index (χ3n) is 16.1. The summed E-state index contributed by atoms with van der Waals surface area (Å²) >= 11 is 0. The third-order valence-corrected chi connectivity index (χ3v) is 16.1. The number of allylic oxidation sites excluding steroid dienone is 13. The molecule has 0 radical (unpaired) electrons. The van der Waals surface area contributed by atoms with Crippen LogP contribution in [0.3, 0.4) is 0 Å². The van der Waals surface area contributed by atoms with E-state index in [-0.39, 0.29) is 0 Å². The van der Waals surface area contributed by atoms with E-state index in [1.807, 2.05) is 0 Å². The van der Waals surface area contributed by atoms with Gasteiger partial charge in [-0.15, -0.1) is 0 Å². The molecular formula is C48H64N2. The van der Waals surface area contributed by atoms with E-state index in [0.717, 1.165) is 35.5 Å². The molecule has 0 spiro atoms. The second-order valence-corrected chi connectivity index (χ2v) is 18.5. The molecule has 13 unspecified atom stereocenters. The lowest BCUT2D eigenvalue weighted by molar-refractivity contribution is -0.0715. The Labute approximate surface area is 304 Å². The first-order chi connectivity index (χ1) is 24.8. The molecule has 0 aromatic rings. The maximum Gasteiger partial charge on any atom is 0.0846 e. The quantitative estimate of drug-likeness (QED) is 0.293. The number of hydrogen-bond donors (Lipinski definition) is 1. The Morgan fingerprint density at radius 2 is 1.52 bits per heavy atom. The van der Waals surface area contributed by atoms with Crippen LogP contribution in [-0.2, 0) is 0 Å². The predicted octanol–water partition coefficient (Wildman–Crippen LogP) is 11.5. The van der Waals surface area contributed by atoms with Gasteiger partial charge < -0.3 is 0 Å². The summed E-state index contributed by atoms with van der Waals surface area (Å²) in [6, 6.07) is 0.661. The minimum atomic E-state index is 0.480. The van der Waals surface area contributed by atoms with Crippen molar-refractivity contribution in [2.24, 2.45) is 59.2 Å². The fraction of sp³-hybridized carbons (Fsp3) is 0.667. The minimum absolute atomic E-state index is 0.480.